The van der Waals surface area contributed by atoms with Gasteiger partial charge >= 0.3 is 0 Å². The molecule has 1 heterocycles. The molecule has 1 atom stereocenters. The smallest absolute Gasteiger partial charge is 0.277 e. The minimum absolute atomic E-state index is 0.0917. The first kappa shape index (κ1) is 17.2. The van der Waals surface area contributed by atoms with Crippen LogP contribution in [-0.2, 0) is 4.79 Å². The second-order valence-electron chi connectivity index (χ2n) is 5.34. The van der Waals surface area contributed by atoms with Crippen LogP contribution < -0.4 is 5.32 Å². The van der Waals surface area contributed by atoms with E-state index in [1.54, 1.807) is 18.2 Å². The summed E-state index contributed by atoms with van der Waals surface area (Å²) in [6, 6.07) is 15.8. The van der Waals surface area contributed by atoms with Crippen molar-refractivity contribution in [3.63, 3.8) is 0 Å². The van der Waals surface area contributed by atoms with Crippen LogP contribution in [0.25, 0.3) is 11.5 Å². The van der Waals surface area contributed by atoms with E-state index in [0.717, 1.165) is 17.3 Å². The van der Waals surface area contributed by atoms with E-state index < -0.39 is 5.82 Å². The fourth-order valence-electron chi connectivity index (χ4n) is 2.25. The van der Waals surface area contributed by atoms with E-state index in [-0.39, 0.29) is 34.4 Å². The van der Waals surface area contributed by atoms with Gasteiger partial charge in [0.15, 0.2) is 0 Å². The molecule has 0 spiro atoms. The maximum Gasteiger partial charge on any atom is 0.277 e. The van der Waals surface area contributed by atoms with Crippen LogP contribution in [-0.4, -0.2) is 21.9 Å². The van der Waals surface area contributed by atoms with E-state index in [1.165, 1.54) is 6.07 Å². The van der Waals surface area contributed by atoms with Crippen LogP contribution in [0.15, 0.2) is 64.2 Å². The SMILES string of the molecule is C[C@@H](NC(=O)CSc1nnc(-c2ccccc2F)o1)c1ccccc1. The molecule has 1 amide bonds. The van der Waals surface area contributed by atoms with Crippen LogP contribution in [0.4, 0.5) is 4.39 Å². The molecule has 0 fully saturated rings. The second kappa shape index (κ2) is 7.94. The zero-order valence-electron chi connectivity index (χ0n) is 13.5. The highest BCUT2D eigenvalue weighted by atomic mass is 32.2. The van der Waals surface area contributed by atoms with Gasteiger partial charge in [0, 0.05) is 0 Å². The van der Waals surface area contributed by atoms with Crippen LogP contribution >= 0.6 is 11.8 Å². The fraction of sp³-hybridized carbons (Fsp3) is 0.167. The molecule has 0 saturated heterocycles. The number of halogens is 1. The molecule has 3 aromatic rings. The molecule has 0 radical (unpaired) electrons. The van der Waals surface area contributed by atoms with Gasteiger partial charge in [0.25, 0.3) is 11.1 Å². The van der Waals surface area contributed by atoms with Crippen molar-refractivity contribution in [1.82, 2.24) is 15.5 Å². The van der Waals surface area contributed by atoms with Crippen molar-refractivity contribution in [3.8, 4) is 11.5 Å². The number of nitrogens with zero attached hydrogens (tertiary/aromatic N) is 2. The molecule has 1 aromatic heterocycles. The predicted molar refractivity (Wildman–Crippen MR) is 93.4 cm³/mol. The number of thioether (sulfide) groups is 1. The van der Waals surface area contributed by atoms with Gasteiger partial charge in [0.2, 0.25) is 5.91 Å². The summed E-state index contributed by atoms with van der Waals surface area (Å²) in [6.07, 6.45) is 0. The molecule has 3 rings (SSSR count). The molecule has 0 aliphatic rings. The van der Waals surface area contributed by atoms with Gasteiger partial charge < -0.3 is 9.73 Å². The van der Waals surface area contributed by atoms with E-state index in [4.69, 9.17) is 4.42 Å². The highest BCUT2D eigenvalue weighted by Gasteiger charge is 2.15. The van der Waals surface area contributed by atoms with Crippen LogP contribution in [0.1, 0.15) is 18.5 Å². The van der Waals surface area contributed by atoms with E-state index >= 15 is 0 Å². The lowest BCUT2D eigenvalue weighted by atomic mass is 10.1. The van der Waals surface area contributed by atoms with Crippen molar-refractivity contribution in [1.29, 1.82) is 0 Å². The Morgan fingerprint density at radius 3 is 2.64 bits per heavy atom. The van der Waals surface area contributed by atoms with Crippen molar-refractivity contribution in [2.75, 3.05) is 5.75 Å². The maximum absolute atomic E-state index is 13.7. The quantitative estimate of drug-likeness (QED) is 0.679. The predicted octanol–water partition coefficient (Wildman–Crippen LogP) is 3.85. The summed E-state index contributed by atoms with van der Waals surface area (Å²) < 4.78 is 19.1. The minimum atomic E-state index is -0.433. The lowest BCUT2D eigenvalue weighted by molar-refractivity contribution is -0.119. The molecule has 1 N–H and O–H groups in total. The maximum atomic E-state index is 13.7. The third-order valence-electron chi connectivity index (χ3n) is 3.51. The van der Waals surface area contributed by atoms with E-state index in [9.17, 15) is 9.18 Å². The average Bonchev–Trinajstić information content (AvgIpc) is 3.10. The van der Waals surface area contributed by atoms with Gasteiger partial charge in [-0.3, -0.25) is 4.79 Å². The average molecular weight is 357 g/mol. The fourth-order valence-corrected chi connectivity index (χ4v) is 2.82. The highest BCUT2D eigenvalue weighted by Crippen LogP contribution is 2.25. The summed E-state index contributed by atoms with van der Waals surface area (Å²) in [5.74, 6) is -0.349. The number of nitrogens with one attached hydrogen (secondary N) is 1. The molecule has 25 heavy (non-hydrogen) atoms. The molecule has 5 nitrogen and oxygen atoms in total. The van der Waals surface area contributed by atoms with Gasteiger partial charge in [-0.05, 0) is 24.6 Å². The lowest BCUT2D eigenvalue weighted by Gasteiger charge is -2.13. The first-order valence-corrected chi connectivity index (χ1v) is 8.67. The molecule has 0 saturated carbocycles. The van der Waals surface area contributed by atoms with Crippen LogP contribution in [0.3, 0.4) is 0 Å². The van der Waals surface area contributed by atoms with Crippen molar-refractivity contribution >= 4 is 17.7 Å². The number of carbonyl (C=O) groups is 1. The Hall–Kier alpha value is -2.67. The Morgan fingerprint density at radius 2 is 1.88 bits per heavy atom. The van der Waals surface area contributed by atoms with E-state index in [1.807, 2.05) is 37.3 Å². The number of amides is 1. The normalized spacial score (nSPS) is 11.9. The molecule has 0 bridgehead atoms. The van der Waals surface area contributed by atoms with Gasteiger partial charge in [-0.2, -0.15) is 0 Å². The third kappa shape index (κ3) is 4.45. The number of hydrogen-bond acceptors (Lipinski definition) is 5. The zero-order chi connectivity index (χ0) is 17.6. The van der Waals surface area contributed by atoms with Crippen molar-refractivity contribution < 1.29 is 13.6 Å². The van der Waals surface area contributed by atoms with Gasteiger partial charge in [-0.1, -0.05) is 54.2 Å². The van der Waals surface area contributed by atoms with Crippen LogP contribution in [0.2, 0.25) is 0 Å². The number of benzene rings is 2. The Morgan fingerprint density at radius 1 is 1.16 bits per heavy atom. The van der Waals surface area contributed by atoms with Gasteiger partial charge in [0.1, 0.15) is 5.82 Å². The lowest BCUT2D eigenvalue weighted by Crippen LogP contribution is -2.28. The van der Waals surface area contributed by atoms with Gasteiger partial charge in [0.05, 0.1) is 17.4 Å². The van der Waals surface area contributed by atoms with E-state index in [2.05, 4.69) is 15.5 Å². The number of aromatic nitrogens is 2. The van der Waals surface area contributed by atoms with E-state index in [0.29, 0.717) is 0 Å². The van der Waals surface area contributed by atoms with Gasteiger partial charge in [-0.15, -0.1) is 10.2 Å². The summed E-state index contributed by atoms with van der Waals surface area (Å²) in [6.45, 7) is 1.92. The monoisotopic (exact) mass is 357 g/mol. The molecule has 0 unspecified atom stereocenters. The highest BCUT2D eigenvalue weighted by molar-refractivity contribution is 7.99. The summed E-state index contributed by atoms with van der Waals surface area (Å²) in [7, 11) is 0. The minimum Gasteiger partial charge on any atom is -0.411 e. The topological polar surface area (TPSA) is 68.0 Å². The molecule has 2 aromatic carbocycles. The largest absolute Gasteiger partial charge is 0.411 e. The number of hydrogen-bond donors (Lipinski definition) is 1. The van der Waals surface area contributed by atoms with Crippen LogP contribution in [0, 0.1) is 5.82 Å². The summed E-state index contributed by atoms with van der Waals surface area (Å²) in [5.41, 5.74) is 1.27. The summed E-state index contributed by atoms with van der Waals surface area (Å²) in [4.78, 5) is 12.0. The zero-order valence-corrected chi connectivity index (χ0v) is 14.3. The Balaban J connectivity index is 1.55. The summed E-state index contributed by atoms with van der Waals surface area (Å²) in [5, 5.41) is 10.8. The third-order valence-corrected chi connectivity index (χ3v) is 4.33. The number of carbonyl (C=O) groups excluding carboxylic acids is 1. The molecular formula is C18H16FN3O2S. The molecular weight excluding hydrogens is 341 g/mol. The molecule has 128 valence electrons. The number of rotatable bonds is 6. The Kier molecular flexibility index (Phi) is 5.45. The Labute approximate surface area is 148 Å². The van der Waals surface area contributed by atoms with Crippen molar-refractivity contribution in [2.45, 2.75) is 18.2 Å². The standard InChI is InChI=1S/C18H16FN3O2S/c1-12(13-7-3-2-4-8-13)20-16(23)11-25-18-22-21-17(24-18)14-9-5-6-10-15(14)19/h2-10,12H,11H2,1H3,(H,20,23)/t12-/m1/s1. The second-order valence-corrected chi connectivity index (χ2v) is 6.27. The van der Waals surface area contributed by atoms with Crippen molar-refractivity contribution in [2.24, 2.45) is 0 Å². The molecule has 0 aliphatic carbocycles. The first-order valence-electron chi connectivity index (χ1n) is 7.69. The van der Waals surface area contributed by atoms with Crippen molar-refractivity contribution in [3.05, 3.63) is 66.0 Å². The molecule has 0 aliphatic heterocycles. The van der Waals surface area contributed by atoms with Gasteiger partial charge in [-0.25, -0.2) is 4.39 Å². The Bertz CT molecular complexity index is 854. The van der Waals surface area contributed by atoms with Crippen LogP contribution in [0.5, 0.6) is 0 Å². The molecule has 7 heteroatoms. The first-order chi connectivity index (χ1) is 12.1. The summed E-state index contributed by atoms with van der Waals surface area (Å²) >= 11 is 1.11.